The van der Waals surface area contributed by atoms with Gasteiger partial charge in [-0.1, -0.05) is 53.5 Å². The van der Waals surface area contributed by atoms with Gasteiger partial charge >= 0.3 is 0 Å². The number of carbonyl (C=O) groups is 1. The van der Waals surface area contributed by atoms with Gasteiger partial charge in [-0.3, -0.25) is 4.79 Å². The summed E-state index contributed by atoms with van der Waals surface area (Å²) in [7, 11) is 0. The van der Waals surface area contributed by atoms with Crippen molar-refractivity contribution < 1.29 is 10.3 Å². The van der Waals surface area contributed by atoms with E-state index in [0.717, 1.165) is 0 Å². The molecular formula is C8H8Cl2O2. The van der Waals surface area contributed by atoms with Gasteiger partial charge in [-0.2, -0.15) is 0 Å². The molecular weight excluding hydrogens is 199 g/mol. The zero-order valence-electron chi connectivity index (χ0n) is 6.13. The summed E-state index contributed by atoms with van der Waals surface area (Å²) in [5.74, 6) is -0.256. The fourth-order valence-corrected chi connectivity index (χ4v) is 0.980. The van der Waals surface area contributed by atoms with Crippen LogP contribution in [0.2, 0.25) is 0 Å². The van der Waals surface area contributed by atoms with Crippen molar-refractivity contribution >= 4 is 29.0 Å². The van der Waals surface area contributed by atoms with E-state index < -0.39 is 4.84 Å². The van der Waals surface area contributed by atoms with Crippen molar-refractivity contribution in [3.8, 4) is 0 Å². The van der Waals surface area contributed by atoms with Crippen molar-refractivity contribution in [2.45, 2.75) is 4.84 Å². The van der Waals surface area contributed by atoms with Crippen LogP contribution in [0.15, 0.2) is 30.3 Å². The van der Waals surface area contributed by atoms with Crippen molar-refractivity contribution in [1.82, 2.24) is 0 Å². The maximum absolute atomic E-state index is 11.1. The van der Waals surface area contributed by atoms with Crippen LogP contribution < -0.4 is 0 Å². The standard InChI is InChI=1S/C8H6Cl2O.H2O/c9-8(10)7(11)6-4-2-1-3-5-6;/h1-5,8H;1H2. The number of Topliss-reactive ketones (excluding diaryl/α,β-unsaturated/α-hetero) is 1. The second-order valence-corrected chi connectivity index (χ2v) is 3.13. The molecule has 2 nitrogen and oxygen atoms in total. The number of benzene rings is 1. The molecule has 0 unspecified atom stereocenters. The number of hydrogen-bond acceptors (Lipinski definition) is 1. The Balaban J connectivity index is 0.00000121. The monoisotopic (exact) mass is 206 g/mol. The van der Waals surface area contributed by atoms with E-state index in [-0.39, 0.29) is 11.3 Å². The summed E-state index contributed by atoms with van der Waals surface area (Å²) in [5, 5.41) is 0. The fraction of sp³-hybridized carbons (Fsp3) is 0.125. The van der Waals surface area contributed by atoms with E-state index >= 15 is 0 Å². The molecule has 1 aromatic carbocycles. The van der Waals surface area contributed by atoms with Gasteiger partial charge < -0.3 is 5.48 Å². The molecule has 1 rings (SSSR count). The SMILES string of the molecule is O.O=C(c1ccccc1)C(Cl)Cl. The molecule has 0 aliphatic heterocycles. The van der Waals surface area contributed by atoms with Crippen LogP contribution in [-0.2, 0) is 0 Å². The molecule has 0 amide bonds. The normalized spacial score (nSPS) is 9.25. The minimum atomic E-state index is -0.961. The van der Waals surface area contributed by atoms with E-state index in [9.17, 15) is 4.79 Å². The zero-order valence-corrected chi connectivity index (χ0v) is 7.64. The van der Waals surface area contributed by atoms with Gasteiger partial charge in [0, 0.05) is 5.56 Å². The Hall–Kier alpha value is -0.570. The average molecular weight is 207 g/mol. The second-order valence-electron chi connectivity index (χ2n) is 2.03. The molecule has 66 valence electrons. The molecule has 12 heavy (non-hydrogen) atoms. The fourth-order valence-electron chi connectivity index (χ4n) is 0.728. The van der Waals surface area contributed by atoms with E-state index in [1.54, 1.807) is 24.3 Å². The predicted molar refractivity (Wildman–Crippen MR) is 49.9 cm³/mol. The van der Waals surface area contributed by atoms with Crippen molar-refractivity contribution in [3.63, 3.8) is 0 Å². The van der Waals surface area contributed by atoms with E-state index in [1.807, 2.05) is 6.07 Å². The molecule has 1 aromatic rings. The van der Waals surface area contributed by atoms with Crippen molar-refractivity contribution in [3.05, 3.63) is 35.9 Å². The summed E-state index contributed by atoms with van der Waals surface area (Å²) in [5.41, 5.74) is 0.544. The number of carbonyl (C=O) groups excluding carboxylic acids is 1. The molecule has 0 atom stereocenters. The molecule has 0 heterocycles. The van der Waals surface area contributed by atoms with E-state index in [0.29, 0.717) is 5.56 Å². The van der Waals surface area contributed by atoms with Gasteiger partial charge in [0.15, 0.2) is 10.6 Å². The highest BCUT2D eigenvalue weighted by molar-refractivity contribution is 6.55. The molecule has 0 saturated heterocycles. The number of ketones is 1. The lowest BCUT2D eigenvalue weighted by molar-refractivity contribution is 0.101. The third kappa shape index (κ3) is 2.81. The lowest BCUT2D eigenvalue weighted by Crippen LogP contribution is -2.07. The van der Waals surface area contributed by atoms with E-state index in [2.05, 4.69) is 0 Å². The van der Waals surface area contributed by atoms with Gasteiger partial charge in [-0.05, 0) is 0 Å². The van der Waals surface area contributed by atoms with Crippen LogP contribution in [0.25, 0.3) is 0 Å². The van der Waals surface area contributed by atoms with Gasteiger partial charge in [0.1, 0.15) is 0 Å². The van der Waals surface area contributed by atoms with Crippen LogP contribution in [0.3, 0.4) is 0 Å². The van der Waals surface area contributed by atoms with Crippen molar-refractivity contribution in [2.75, 3.05) is 0 Å². The average Bonchev–Trinajstić information content (AvgIpc) is 2.05. The predicted octanol–water partition coefficient (Wildman–Crippen LogP) is 1.85. The van der Waals surface area contributed by atoms with Crippen LogP contribution in [0, 0.1) is 0 Å². The first-order valence-corrected chi connectivity index (χ1v) is 3.96. The molecule has 0 fully saturated rings. The molecule has 0 saturated carbocycles. The molecule has 0 aliphatic rings. The largest absolute Gasteiger partial charge is 0.412 e. The van der Waals surface area contributed by atoms with Gasteiger partial charge in [-0.25, -0.2) is 0 Å². The Morgan fingerprint density at radius 2 is 1.67 bits per heavy atom. The summed E-state index contributed by atoms with van der Waals surface area (Å²) in [6.45, 7) is 0. The van der Waals surface area contributed by atoms with E-state index in [4.69, 9.17) is 23.2 Å². The van der Waals surface area contributed by atoms with Crippen molar-refractivity contribution in [1.29, 1.82) is 0 Å². The maximum Gasteiger partial charge on any atom is 0.195 e. The first-order valence-electron chi connectivity index (χ1n) is 3.09. The zero-order chi connectivity index (χ0) is 8.27. The van der Waals surface area contributed by atoms with Crippen LogP contribution in [-0.4, -0.2) is 16.1 Å². The highest BCUT2D eigenvalue weighted by Crippen LogP contribution is 2.10. The van der Waals surface area contributed by atoms with Crippen LogP contribution in [0.4, 0.5) is 0 Å². The van der Waals surface area contributed by atoms with Crippen LogP contribution in [0.5, 0.6) is 0 Å². The lowest BCUT2D eigenvalue weighted by Gasteiger charge is -1.98. The van der Waals surface area contributed by atoms with Gasteiger partial charge in [0.05, 0.1) is 0 Å². The summed E-state index contributed by atoms with van der Waals surface area (Å²) in [4.78, 5) is 10.1. The number of alkyl halides is 2. The van der Waals surface area contributed by atoms with Gasteiger partial charge in [0.2, 0.25) is 0 Å². The van der Waals surface area contributed by atoms with Gasteiger partial charge in [0.25, 0.3) is 0 Å². The molecule has 0 aliphatic carbocycles. The summed E-state index contributed by atoms with van der Waals surface area (Å²) >= 11 is 10.8. The number of halogens is 2. The summed E-state index contributed by atoms with van der Waals surface area (Å²) in [6, 6.07) is 8.72. The molecule has 0 aromatic heterocycles. The quantitative estimate of drug-likeness (QED) is 0.539. The molecule has 0 spiro atoms. The highest BCUT2D eigenvalue weighted by atomic mass is 35.5. The Labute approximate surface area is 80.4 Å². The first-order chi connectivity index (χ1) is 5.22. The Bertz CT molecular complexity index is 246. The third-order valence-electron chi connectivity index (χ3n) is 1.26. The van der Waals surface area contributed by atoms with Crippen LogP contribution in [0.1, 0.15) is 10.4 Å². The number of hydrogen-bond donors (Lipinski definition) is 0. The molecule has 0 radical (unpaired) electrons. The first kappa shape index (κ1) is 11.4. The summed E-state index contributed by atoms with van der Waals surface area (Å²) < 4.78 is 0. The second kappa shape index (κ2) is 5.14. The summed E-state index contributed by atoms with van der Waals surface area (Å²) in [6.07, 6.45) is 0. The number of rotatable bonds is 2. The molecule has 2 N–H and O–H groups in total. The Morgan fingerprint density at radius 3 is 2.08 bits per heavy atom. The third-order valence-corrected chi connectivity index (χ3v) is 1.65. The molecule has 4 heteroatoms. The Kier molecular flexibility index (Phi) is 4.90. The maximum atomic E-state index is 11.1. The topological polar surface area (TPSA) is 48.6 Å². The van der Waals surface area contributed by atoms with Crippen molar-refractivity contribution in [2.24, 2.45) is 0 Å². The Morgan fingerprint density at radius 1 is 1.17 bits per heavy atom. The molecule has 0 bridgehead atoms. The lowest BCUT2D eigenvalue weighted by atomic mass is 10.1. The minimum absolute atomic E-state index is 0. The van der Waals surface area contributed by atoms with Crippen LogP contribution >= 0.6 is 23.2 Å². The van der Waals surface area contributed by atoms with Gasteiger partial charge in [-0.15, -0.1) is 0 Å². The van der Waals surface area contributed by atoms with E-state index in [1.165, 1.54) is 0 Å². The minimum Gasteiger partial charge on any atom is -0.412 e. The highest BCUT2D eigenvalue weighted by Gasteiger charge is 2.12. The smallest absolute Gasteiger partial charge is 0.195 e.